The Kier molecular flexibility index (Phi) is 4.29. The van der Waals surface area contributed by atoms with E-state index in [1.807, 2.05) is 13.8 Å². The maximum absolute atomic E-state index is 5.77. The van der Waals surface area contributed by atoms with Gasteiger partial charge in [0.05, 0.1) is 36.6 Å². The molecule has 5 heteroatoms. The molecule has 2 aliphatic heterocycles. The van der Waals surface area contributed by atoms with Gasteiger partial charge in [0.25, 0.3) is 0 Å². The van der Waals surface area contributed by atoms with Gasteiger partial charge in [-0.2, -0.15) is 12.6 Å². The Morgan fingerprint density at radius 3 is 1.83 bits per heavy atom. The fourth-order valence-corrected chi connectivity index (χ4v) is 2.31. The second kappa shape index (κ2) is 5.29. The normalized spacial score (nSPS) is 38.3. The van der Waals surface area contributed by atoms with E-state index in [1.54, 1.807) is 0 Å². The summed E-state index contributed by atoms with van der Waals surface area (Å²) in [6, 6.07) is 0. The second-order valence-corrected chi connectivity index (χ2v) is 7.49. The number of thiol groups is 1. The Morgan fingerprint density at radius 1 is 1.00 bits per heavy atom. The zero-order valence-corrected chi connectivity index (χ0v) is 12.5. The van der Waals surface area contributed by atoms with Gasteiger partial charge in [-0.3, -0.25) is 0 Å². The first-order chi connectivity index (χ1) is 8.32. The van der Waals surface area contributed by atoms with E-state index < -0.39 is 0 Å². The van der Waals surface area contributed by atoms with Gasteiger partial charge in [-0.25, -0.2) is 0 Å². The minimum atomic E-state index is -0.293. The molecule has 2 rings (SSSR count). The van der Waals surface area contributed by atoms with Gasteiger partial charge in [0.1, 0.15) is 0 Å². The van der Waals surface area contributed by atoms with Crippen LogP contribution in [0.3, 0.4) is 0 Å². The van der Waals surface area contributed by atoms with E-state index >= 15 is 0 Å². The summed E-state index contributed by atoms with van der Waals surface area (Å²) in [7, 11) is 0. The molecule has 1 spiro atoms. The molecule has 18 heavy (non-hydrogen) atoms. The number of hydrogen-bond acceptors (Lipinski definition) is 5. The Labute approximate surface area is 115 Å². The summed E-state index contributed by atoms with van der Waals surface area (Å²) in [5.74, 6) is 0.372. The fraction of sp³-hybridized carbons (Fsp3) is 1.00. The predicted octanol–water partition coefficient (Wildman–Crippen LogP) is 2.08. The molecule has 0 radical (unpaired) electrons. The third-order valence-electron chi connectivity index (χ3n) is 3.31. The van der Waals surface area contributed by atoms with Crippen molar-refractivity contribution in [2.45, 2.75) is 45.0 Å². The molecule has 0 N–H and O–H groups in total. The lowest BCUT2D eigenvalue weighted by Gasteiger charge is -2.46. The highest BCUT2D eigenvalue weighted by molar-refractivity contribution is 7.81. The summed E-state index contributed by atoms with van der Waals surface area (Å²) in [5.41, 5.74) is -0.152. The van der Waals surface area contributed by atoms with Crippen LogP contribution in [-0.4, -0.2) is 43.8 Å². The lowest BCUT2D eigenvalue weighted by Crippen LogP contribution is -2.55. The van der Waals surface area contributed by atoms with Gasteiger partial charge in [-0.05, 0) is 13.8 Å². The average Bonchev–Trinajstić information content (AvgIpc) is 2.29. The van der Waals surface area contributed by atoms with Gasteiger partial charge in [0, 0.05) is 5.92 Å². The molecule has 0 atom stereocenters. The molecular weight excluding hydrogens is 252 g/mol. The molecular formula is C13H24O4S. The van der Waals surface area contributed by atoms with Crippen LogP contribution < -0.4 is 0 Å². The second-order valence-electron chi connectivity index (χ2n) is 6.34. The molecule has 2 fully saturated rings. The van der Waals surface area contributed by atoms with Gasteiger partial charge in [0.15, 0.2) is 12.6 Å². The van der Waals surface area contributed by atoms with E-state index in [9.17, 15) is 0 Å². The molecule has 2 saturated heterocycles. The van der Waals surface area contributed by atoms with Crippen molar-refractivity contribution in [2.24, 2.45) is 11.3 Å². The predicted molar refractivity (Wildman–Crippen MR) is 71.7 cm³/mol. The summed E-state index contributed by atoms with van der Waals surface area (Å²) < 4.78 is 22.8. The number of hydrogen-bond donors (Lipinski definition) is 1. The smallest absolute Gasteiger partial charge is 0.171 e. The molecule has 0 aliphatic carbocycles. The van der Waals surface area contributed by atoms with E-state index in [0.29, 0.717) is 32.3 Å². The molecule has 4 nitrogen and oxygen atoms in total. The molecule has 2 heterocycles. The number of rotatable bonds is 2. The minimum absolute atomic E-state index is 0.102. The van der Waals surface area contributed by atoms with Crippen LogP contribution in [0.4, 0.5) is 0 Å². The maximum Gasteiger partial charge on any atom is 0.171 e. The van der Waals surface area contributed by atoms with E-state index in [2.05, 4.69) is 26.5 Å². The SMILES string of the molecule is CC(C)C1OCC2(CO1)COC(C(C)(C)S)OC2. The van der Waals surface area contributed by atoms with Gasteiger partial charge >= 0.3 is 0 Å². The zero-order chi connectivity index (χ0) is 13.4. The summed E-state index contributed by atoms with van der Waals surface area (Å²) in [6.07, 6.45) is -0.371. The molecule has 0 unspecified atom stereocenters. The van der Waals surface area contributed by atoms with Gasteiger partial charge < -0.3 is 18.9 Å². The van der Waals surface area contributed by atoms with Crippen molar-refractivity contribution in [2.75, 3.05) is 26.4 Å². The van der Waals surface area contributed by atoms with Crippen LogP contribution in [0.15, 0.2) is 0 Å². The Balaban J connectivity index is 1.86. The van der Waals surface area contributed by atoms with Crippen molar-refractivity contribution < 1.29 is 18.9 Å². The van der Waals surface area contributed by atoms with Gasteiger partial charge in [-0.15, -0.1) is 0 Å². The van der Waals surface area contributed by atoms with Crippen LogP contribution in [0.2, 0.25) is 0 Å². The molecule has 0 saturated carbocycles. The Bertz CT molecular complexity index is 269. The first-order valence-corrected chi connectivity index (χ1v) is 6.96. The molecule has 0 bridgehead atoms. The Morgan fingerprint density at radius 2 is 1.44 bits per heavy atom. The summed E-state index contributed by atoms with van der Waals surface area (Å²) in [6.45, 7) is 10.6. The average molecular weight is 276 g/mol. The highest BCUT2D eigenvalue weighted by Gasteiger charge is 2.44. The van der Waals surface area contributed by atoms with Crippen LogP contribution in [0.1, 0.15) is 27.7 Å². The highest BCUT2D eigenvalue weighted by Crippen LogP contribution is 2.35. The molecule has 0 amide bonds. The molecule has 0 aromatic heterocycles. The molecule has 106 valence electrons. The zero-order valence-electron chi connectivity index (χ0n) is 11.6. The quantitative estimate of drug-likeness (QED) is 0.784. The lowest BCUT2D eigenvalue weighted by molar-refractivity contribution is -0.312. The summed E-state index contributed by atoms with van der Waals surface area (Å²) >= 11 is 4.48. The van der Waals surface area contributed by atoms with Crippen molar-refractivity contribution in [1.82, 2.24) is 0 Å². The van der Waals surface area contributed by atoms with Crippen molar-refractivity contribution in [1.29, 1.82) is 0 Å². The first kappa shape index (κ1) is 14.6. The minimum Gasteiger partial charge on any atom is -0.352 e. The van der Waals surface area contributed by atoms with Gasteiger partial charge in [0.2, 0.25) is 0 Å². The summed E-state index contributed by atoms with van der Waals surface area (Å²) in [5, 5.41) is 0. The fourth-order valence-electron chi connectivity index (χ4n) is 2.16. The van der Waals surface area contributed by atoms with Crippen LogP contribution in [0.25, 0.3) is 0 Å². The topological polar surface area (TPSA) is 36.9 Å². The van der Waals surface area contributed by atoms with Crippen molar-refractivity contribution in [3.05, 3.63) is 0 Å². The van der Waals surface area contributed by atoms with Crippen LogP contribution >= 0.6 is 12.6 Å². The molecule has 2 aliphatic rings. The van der Waals surface area contributed by atoms with Crippen molar-refractivity contribution in [3.63, 3.8) is 0 Å². The monoisotopic (exact) mass is 276 g/mol. The molecule has 0 aromatic carbocycles. The highest BCUT2D eigenvalue weighted by atomic mass is 32.1. The van der Waals surface area contributed by atoms with Gasteiger partial charge in [-0.1, -0.05) is 13.8 Å². The van der Waals surface area contributed by atoms with Crippen LogP contribution in [0.5, 0.6) is 0 Å². The van der Waals surface area contributed by atoms with Crippen LogP contribution in [0, 0.1) is 11.3 Å². The first-order valence-electron chi connectivity index (χ1n) is 6.51. The van der Waals surface area contributed by atoms with Crippen LogP contribution in [-0.2, 0) is 18.9 Å². The standard InChI is InChI=1S/C13H24O4S/c1-9(2)10-14-5-13(6-15-10)7-16-11(17-8-13)12(3,4)18/h9-11,18H,5-8H2,1-4H3. The third kappa shape index (κ3) is 3.20. The Hall–Kier alpha value is 0.190. The van der Waals surface area contributed by atoms with E-state index in [4.69, 9.17) is 18.9 Å². The van der Waals surface area contributed by atoms with E-state index in [1.165, 1.54) is 0 Å². The van der Waals surface area contributed by atoms with E-state index in [-0.39, 0.29) is 22.7 Å². The van der Waals surface area contributed by atoms with Crippen molar-refractivity contribution >= 4 is 12.6 Å². The van der Waals surface area contributed by atoms with E-state index in [0.717, 1.165) is 0 Å². The maximum atomic E-state index is 5.77. The summed E-state index contributed by atoms with van der Waals surface area (Å²) in [4.78, 5) is 0. The largest absolute Gasteiger partial charge is 0.352 e. The third-order valence-corrected chi connectivity index (χ3v) is 3.52. The lowest BCUT2D eigenvalue weighted by atomic mass is 9.90. The molecule has 0 aromatic rings. The number of ether oxygens (including phenoxy) is 4. The van der Waals surface area contributed by atoms with Crippen molar-refractivity contribution in [3.8, 4) is 0 Å².